The highest BCUT2D eigenvalue weighted by atomic mass is 16.6. The van der Waals surface area contributed by atoms with Crippen molar-refractivity contribution in [1.29, 1.82) is 0 Å². The number of nitro groups is 1. The van der Waals surface area contributed by atoms with E-state index in [1.807, 2.05) is 6.07 Å². The van der Waals surface area contributed by atoms with Crippen molar-refractivity contribution in [3.8, 4) is 0 Å². The van der Waals surface area contributed by atoms with Crippen LogP contribution in [0.15, 0.2) is 30.5 Å². The molecular weight excluding hydrogens is 248 g/mol. The highest BCUT2D eigenvalue weighted by Gasteiger charge is 2.18. The number of nitrogens with zero attached hydrogens (tertiary/aromatic N) is 2. The van der Waals surface area contributed by atoms with Gasteiger partial charge in [0.05, 0.1) is 17.0 Å². The third kappa shape index (κ3) is 2.42. The molecule has 0 saturated heterocycles. The SMILES string of the molecule is CCOC(=O)[C@H](C)n1ccc2ccc([N+](=O)[O-])cc21. The largest absolute Gasteiger partial charge is 0.464 e. The molecule has 0 spiro atoms. The van der Waals surface area contributed by atoms with Crippen LogP contribution in [0.1, 0.15) is 19.9 Å². The third-order valence-corrected chi connectivity index (χ3v) is 2.96. The predicted molar refractivity (Wildman–Crippen MR) is 69.9 cm³/mol. The molecule has 100 valence electrons. The van der Waals surface area contributed by atoms with Crippen LogP contribution in [0.25, 0.3) is 10.9 Å². The maximum atomic E-state index is 11.7. The van der Waals surface area contributed by atoms with Gasteiger partial charge in [0.15, 0.2) is 0 Å². The molecule has 0 amide bonds. The van der Waals surface area contributed by atoms with Crippen molar-refractivity contribution >= 4 is 22.6 Å². The Hall–Kier alpha value is -2.37. The van der Waals surface area contributed by atoms with Crippen molar-refractivity contribution in [3.63, 3.8) is 0 Å². The fourth-order valence-corrected chi connectivity index (χ4v) is 1.97. The van der Waals surface area contributed by atoms with Crippen LogP contribution in [0.2, 0.25) is 0 Å². The lowest BCUT2D eigenvalue weighted by Crippen LogP contribution is -2.18. The minimum absolute atomic E-state index is 0.00325. The Morgan fingerprint density at radius 1 is 1.47 bits per heavy atom. The zero-order valence-corrected chi connectivity index (χ0v) is 10.7. The Kier molecular flexibility index (Phi) is 3.50. The third-order valence-electron chi connectivity index (χ3n) is 2.96. The summed E-state index contributed by atoms with van der Waals surface area (Å²) in [6, 6.07) is 5.88. The van der Waals surface area contributed by atoms with Gasteiger partial charge in [-0.1, -0.05) is 0 Å². The van der Waals surface area contributed by atoms with Gasteiger partial charge in [0, 0.05) is 23.7 Å². The molecule has 19 heavy (non-hydrogen) atoms. The number of nitro benzene ring substituents is 1. The van der Waals surface area contributed by atoms with Crippen LogP contribution in [-0.4, -0.2) is 22.1 Å². The van der Waals surface area contributed by atoms with Gasteiger partial charge in [-0.3, -0.25) is 10.1 Å². The van der Waals surface area contributed by atoms with Crippen molar-refractivity contribution < 1.29 is 14.5 Å². The van der Waals surface area contributed by atoms with Crippen LogP contribution in [0.4, 0.5) is 5.69 Å². The summed E-state index contributed by atoms with van der Waals surface area (Å²) in [5.74, 6) is -0.355. The molecule has 0 N–H and O–H groups in total. The summed E-state index contributed by atoms with van der Waals surface area (Å²) in [6.45, 7) is 3.75. The fourth-order valence-electron chi connectivity index (χ4n) is 1.97. The van der Waals surface area contributed by atoms with Gasteiger partial charge in [0.1, 0.15) is 6.04 Å². The van der Waals surface area contributed by atoms with Crippen molar-refractivity contribution in [3.05, 3.63) is 40.6 Å². The summed E-state index contributed by atoms with van der Waals surface area (Å²) in [6.07, 6.45) is 1.73. The number of aromatic nitrogens is 1. The Bertz CT molecular complexity index is 633. The molecule has 0 saturated carbocycles. The molecule has 1 aromatic heterocycles. The minimum atomic E-state index is -0.514. The number of carbonyl (C=O) groups is 1. The summed E-state index contributed by atoms with van der Waals surface area (Å²) >= 11 is 0. The van der Waals surface area contributed by atoms with Crippen molar-refractivity contribution in [1.82, 2.24) is 4.57 Å². The molecule has 0 bridgehead atoms. The van der Waals surface area contributed by atoms with Crippen LogP contribution in [0, 0.1) is 10.1 Å². The maximum Gasteiger partial charge on any atom is 0.328 e. The van der Waals surface area contributed by atoms with Gasteiger partial charge in [-0.05, 0) is 26.0 Å². The summed E-state index contributed by atoms with van der Waals surface area (Å²) in [7, 11) is 0. The van der Waals surface area contributed by atoms with Gasteiger partial charge in [-0.2, -0.15) is 0 Å². The van der Waals surface area contributed by atoms with E-state index in [0.29, 0.717) is 12.1 Å². The second-order valence-corrected chi connectivity index (χ2v) is 4.15. The van der Waals surface area contributed by atoms with Crippen molar-refractivity contribution in [2.45, 2.75) is 19.9 Å². The van der Waals surface area contributed by atoms with E-state index < -0.39 is 11.0 Å². The van der Waals surface area contributed by atoms with E-state index in [2.05, 4.69) is 0 Å². The number of benzene rings is 1. The Labute approximate surface area is 109 Å². The Balaban J connectivity index is 2.46. The summed E-state index contributed by atoms with van der Waals surface area (Å²) < 4.78 is 6.64. The average Bonchev–Trinajstić information content (AvgIpc) is 2.80. The number of ether oxygens (including phenoxy) is 1. The standard InChI is InChI=1S/C13H14N2O4/c1-3-19-13(16)9(2)14-7-6-10-4-5-11(15(17)18)8-12(10)14/h4-9H,3H2,1-2H3/t9-/m0/s1. The van der Waals surface area contributed by atoms with Crippen LogP contribution in [-0.2, 0) is 9.53 Å². The molecule has 0 aliphatic carbocycles. The average molecular weight is 262 g/mol. The lowest BCUT2D eigenvalue weighted by molar-refractivity contribution is -0.384. The molecule has 0 aliphatic heterocycles. The van der Waals surface area contributed by atoms with Crippen LogP contribution < -0.4 is 0 Å². The monoisotopic (exact) mass is 262 g/mol. The van der Waals surface area contributed by atoms with E-state index in [1.54, 1.807) is 30.7 Å². The van der Waals surface area contributed by atoms with Crippen LogP contribution in [0.3, 0.4) is 0 Å². The Morgan fingerprint density at radius 2 is 2.21 bits per heavy atom. The predicted octanol–water partition coefficient (Wildman–Crippen LogP) is 2.67. The van der Waals surface area contributed by atoms with E-state index >= 15 is 0 Å². The first-order valence-corrected chi connectivity index (χ1v) is 5.96. The second kappa shape index (κ2) is 5.09. The molecule has 0 unspecified atom stereocenters. The molecule has 2 rings (SSSR count). The molecule has 1 aromatic carbocycles. The van der Waals surface area contributed by atoms with Gasteiger partial charge < -0.3 is 9.30 Å². The first kappa shape index (κ1) is 13.1. The van der Waals surface area contributed by atoms with E-state index in [0.717, 1.165) is 5.39 Å². The quantitative estimate of drug-likeness (QED) is 0.482. The fraction of sp³-hybridized carbons (Fsp3) is 0.308. The molecule has 0 aliphatic rings. The van der Waals surface area contributed by atoms with Gasteiger partial charge in [-0.15, -0.1) is 0 Å². The number of carbonyl (C=O) groups excluding carboxylic acids is 1. The smallest absolute Gasteiger partial charge is 0.328 e. The molecule has 6 nitrogen and oxygen atoms in total. The van der Waals surface area contributed by atoms with Crippen LogP contribution >= 0.6 is 0 Å². The highest BCUT2D eigenvalue weighted by Crippen LogP contribution is 2.25. The minimum Gasteiger partial charge on any atom is -0.464 e. The topological polar surface area (TPSA) is 74.4 Å². The number of non-ortho nitro benzene ring substituents is 1. The van der Waals surface area contributed by atoms with E-state index in [9.17, 15) is 14.9 Å². The van der Waals surface area contributed by atoms with E-state index in [1.165, 1.54) is 12.1 Å². The number of rotatable bonds is 4. The molecule has 0 fully saturated rings. The number of hydrogen-bond acceptors (Lipinski definition) is 4. The molecular formula is C13H14N2O4. The van der Waals surface area contributed by atoms with Gasteiger partial charge in [0.25, 0.3) is 5.69 Å². The molecule has 1 heterocycles. The van der Waals surface area contributed by atoms with Crippen LogP contribution in [0.5, 0.6) is 0 Å². The molecule has 0 radical (unpaired) electrons. The number of fused-ring (bicyclic) bond motifs is 1. The zero-order valence-electron chi connectivity index (χ0n) is 10.7. The van der Waals surface area contributed by atoms with E-state index in [-0.39, 0.29) is 11.7 Å². The first-order chi connectivity index (χ1) is 9.04. The summed E-state index contributed by atoms with van der Waals surface area (Å²) in [5.41, 5.74) is 0.651. The van der Waals surface area contributed by atoms with E-state index in [4.69, 9.17) is 4.74 Å². The Morgan fingerprint density at radius 3 is 2.84 bits per heavy atom. The normalized spacial score (nSPS) is 12.3. The highest BCUT2D eigenvalue weighted by molar-refractivity contribution is 5.85. The van der Waals surface area contributed by atoms with Crippen molar-refractivity contribution in [2.75, 3.05) is 6.61 Å². The van der Waals surface area contributed by atoms with Gasteiger partial charge in [-0.25, -0.2) is 4.79 Å². The summed E-state index contributed by atoms with van der Waals surface area (Å²) in [4.78, 5) is 22.1. The second-order valence-electron chi connectivity index (χ2n) is 4.15. The lowest BCUT2D eigenvalue weighted by atomic mass is 10.2. The van der Waals surface area contributed by atoms with Gasteiger partial charge in [0.2, 0.25) is 0 Å². The summed E-state index contributed by atoms with van der Waals surface area (Å²) in [5, 5.41) is 11.6. The molecule has 1 atom stereocenters. The lowest BCUT2D eigenvalue weighted by Gasteiger charge is -2.13. The zero-order chi connectivity index (χ0) is 14.0. The number of esters is 1. The molecule has 2 aromatic rings. The van der Waals surface area contributed by atoms with Gasteiger partial charge >= 0.3 is 5.97 Å². The molecule has 6 heteroatoms. The first-order valence-electron chi connectivity index (χ1n) is 5.96. The number of hydrogen-bond donors (Lipinski definition) is 0. The van der Waals surface area contributed by atoms with Crippen molar-refractivity contribution in [2.24, 2.45) is 0 Å². The maximum absolute atomic E-state index is 11.7.